The molecule has 29 heavy (non-hydrogen) atoms. The molecular weight excluding hydrogens is 412 g/mol. The van der Waals surface area contributed by atoms with Gasteiger partial charge in [0, 0.05) is 23.9 Å². The maximum atomic E-state index is 12.3. The molecule has 0 bridgehead atoms. The smallest absolute Gasteiger partial charge is 0.236 e. The standard InChI is InChI=1S/C19H18N4O4S2/c1-26-14-4-3-11(7-15(14)27-2)12-8-16(24)22-18(13(12)9-20)29-10-17(25)23-19-21-5-6-28-19/h3-7,12H,8,10H2,1-2H3,(H,22,24)(H,21,23,25). The highest BCUT2D eigenvalue weighted by Crippen LogP contribution is 2.39. The summed E-state index contributed by atoms with van der Waals surface area (Å²) in [7, 11) is 3.07. The molecule has 3 rings (SSSR count). The maximum absolute atomic E-state index is 12.3. The molecule has 0 radical (unpaired) electrons. The summed E-state index contributed by atoms with van der Waals surface area (Å²) in [5.74, 6) is 0.207. The van der Waals surface area contributed by atoms with E-state index in [1.807, 2.05) is 0 Å². The van der Waals surface area contributed by atoms with Crippen LogP contribution in [0, 0.1) is 11.3 Å². The van der Waals surface area contributed by atoms with Gasteiger partial charge >= 0.3 is 0 Å². The van der Waals surface area contributed by atoms with Crippen LogP contribution in [-0.4, -0.2) is 36.8 Å². The number of aromatic nitrogens is 1. The zero-order chi connectivity index (χ0) is 20.8. The van der Waals surface area contributed by atoms with E-state index in [9.17, 15) is 14.9 Å². The van der Waals surface area contributed by atoms with Crippen LogP contribution in [0.1, 0.15) is 17.9 Å². The number of nitrogens with one attached hydrogen (secondary N) is 2. The van der Waals surface area contributed by atoms with Gasteiger partial charge in [-0.1, -0.05) is 17.8 Å². The molecule has 8 nitrogen and oxygen atoms in total. The first kappa shape index (κ1) is 20.7. The Hall–Kier alpha value is -3.03. The highest BCUT2D eigenvalue weighted by molar-refractivity contribution is 8.03. The Bertz CT molecular complexity index is 983. The van der Waals surface area contributed by atoms with Crippen molar-refractivity contribution in [3.63, 3.8) is 0 Å². The zero-order valence-corrected chi connectivity index (χ0v) is 17.4. The van der Waals surface area contributed by atoms with E-state index in [0.717, 1.165) is 17.3 Å². The molecule has 1 aromatic carbocycles. The third-order valence-electron chi connectivity index (χ3n) is 4.19. The van der Waals surface area contributed by atoms with Crippen LogP contribution < -0.4 is 20.1 Å². The number of amides is 2. The molecule has 0 aliphatic carbocycles. The predicted molar refractivity (Wildman–Crippen MR) is 111 cm³/mol. The largest absolute Gasteiger partial charge is 0.493 e. The van der Waals surface area contributed by atoms with Gasteiger partial charge in [0.1, 0.15) is 0 Å². The number of nitrogens with zero attached hydrogens (tertiary/aromatic N) is 2. The Morgan fingerprint density at radius 1 is 1.41 bits per heavy atom. The van der Waals surface area contributed by atoms with Gasteiger partial charge in [-0.25, -0.2) is 4.98 Å². The van der Waals surface area contributed by atoms with Gasteiger partial charge in [0.15, 0.2) is 16.6 Å². The van der Waals surface area contributed by atoms with Crippen molar-refractivity contribution < 1.29 is 19.1 Å². The van der Waals surface area contributed by atoms with Gasteiger partial charge in [-0.2, -0.15) is 5.26 Å². The van der Waals surface area contributed by atoms with Crippen molar-refractivity contribution >= 4 is 40.0 Å². The molecule has 0 saturated carbocycles. The summed E-state index contributed by atoms with van der Waals surface area (Å²) < 4.78 is 10.6. The Morgan fingerprint density at radius 2 is 2.21 bits per heavy atom. The number of allylic oxidation sites excluding steroid dienone is 1. The number of rotatable bonds is 7. The molecule has 1 aliphatic rings. The first-order valence-corrected chi connectivity index (χ1v) is 10.4. The number of nitriles is 1. The molecular formula is C19H18N4O4S2. The Balaban J connectivity index is 1.82. The van der Waals surface area contributed by atoms with Gasteiger partial charge in [-0.05, 0) is 17.7 Å². The molecule has 1 atom stereocenters. The van der Waals surface area contributed by atoms with Crippen LogP contribution in [0.3, 0.4) is 0 Å². The molecule has 1 aliphatic heterocycles. The number of carbonyl (C=O) groups excluding carboxylic acids is 2. The van der Waals surface area contributed by atoms with Gasteiger partial charge in [0.2, 0.25) is 11.8 Å². The second-order valence-corrected chi connectivity index (χ2v) is 7.83. The number of thiazole rings is 1. The molecule has 10 heteroatoms. The van der Waals surface area contributed by atoms with Gasteiger partial charge in [-0.15, -0.1) is 11.3 Å². The predicted octanol–water partition coefficient (Wildman–Crippen LogP) is 2.87. The average molecular weight is 431 g/mol. The van der Waals surface area contributed by atoms with Crippen molar-refractivity contribution in [1.82, 2.24) is 10.3 Å². The van der Waals surface area contributed by atoms with Crippen molar-refractivity contribution in [3.05, 3.63) is 45.9 Å². The van der Waals surface area contributed by atoms with E-state index >= 15 is 0 Å². The number of hydrogen-bond donors (Lipinski definition) is 2. The van der Waals surface area contributed by atoms with Crippen LogP contribution in [0.5, 0.6) is 11.5 Å². The molecule has 2 heterocycles. The molecule has 2 N–H and O–H groups in total. The molecule has 150 valence electrons. The Labute approximate surface area is 175 Å². The summed E-state index contributed by atoms with van der Waals surface area (Å²) in [6.07, 6.45) is 1.73. The summed E-state index contributed by atoms with van der Waals surface area (Å²) in [6, 6.07) is 7.49. The molecule has 0 fully saturated rings. The molecule has 1 aromatic heterocycles. The summed E-state index contributed by atoms with van der Waals surface area (Å²) in [5, 5.41) is 17.8. The SMILES string of the molecule is COc1ccc(C2CC(=O)NC(SCC(=O)Nc3nccs3)=C2C#N)cc1OC. The number of benzene rings is 1. The fraction of sp³-hybridized carbons (Fsp3) is 0.263. The summed E-state index contributed by atoms with van der Waals surface area (Å²) in [4.78, 5) is 28.4. The van der Waals surface area contributed by atoms with Crippen molar-refractivity contribution in [1.29, 1.82) is 5.26 Å². The van der Waals surface area contributed by atoms with E-state index in [-0.39, 0.29) is 24.0 Å². The van der Waals surface area contributed by atoms with E-state index in [2.05, 4.69) is 21.7 Å². The fourth-order valence-electron chi connectivity index (χ4n) is 2.87. The summed E-state index contributed by atoms with van der Waals surface area (Å²) in [6.45, 7) is 0. The molecule has 0 spiro atoms. The second-order valence-electron chi connectivity index (χ2n) is 5.95. The van der Waals surface area contributed by atoms with Gasteiger partial charge in [-0.3, -0.25) is 9.59 Å². The number of anilines is 1. The topological polar surface area (TPSA) is 113 Å². The number of carbonyl (C=O) groups is 2. The molecule has 2 amide bonds. The van der Waals surface area contributed by atoms with E-state index in [0.29, 0.717) is 27.2 Å². The van der Waals surface area contributed by atoms with Crippen LogP contribution in [0.25, 0.3) is 0 Å². The number of ether oxygens (including phenoxy) is 2. The van der Waals surface area contributed by atoms with Crippen LogP contribution in [-0.2, 0) is 9.59 Å². The average Bonchev–Trinajstić information content (AvgIpc) is 3.24. The third-order valence-corrected chi connectivity index (χ3v) is 5.90. The van der Waals surface area contributed by atoms with Gasteiger partial charge < -0.3 is 20.1 Å². The van der Waals surface area contributed by atoms with E-state index in [1.54, 1.807) is 29.8 Å². The zero-order valence-electron chi connectivity index (χ0n) is 15.7. The van der Waals surface area contributed by atoms with Crippen molar-refractivity contribution in [2.24, 2.45) is 0 Å². The summed E-state index contributed by atoms with van der Waals surface area (Å²) >= 11 is 2.43. The number of hydrogen-bond acceptors (Lipinski definition) is 8. The van der Waals surface area contributed by atoms with E-state index < -0.39 is 5.92 Å². The normalized spacial score (nSPS) is 16.0. The van der Waals surface area contributed by atoms with Crippen LogP contribution in [0.4, 0.5) is 5.13 Å². The third kappa shape index (κ3) is 4.88. The van der Waals surface area contributed by atoms with Crippen molar-refractivity contribution in [2.75, 3.05) is 25.3 Å². The van der Waals surface area contributed by atoms with Crippen LogP contribution in [0.2, 0.25) is 0 Å². The maximum Gasteiger partial charge on any atom is 0.236 e. The quantitative estimate of drug-likeness (QED) is 0.694. The van der Waals surface area contributed by atoms with Gasteiger partial charge in [0.25, 0.3) is 0 Å². The first-order valence-electron chi connectivity index (χ1n) is 8.54. The van der Waals surface area contributed by atoms with E-state index in [4.69, 9.17) is 9.47 Å². The van der Waals surface area contributed by atoms with E-state index in [1.165, 1.54) is 25.6 Å². The van der Waals surface area contributed by atoms with Crippen LogP contribution in [0.15, 0.2) is 40.4 Å². The summed E-state index contributed by atoms with van der Waals surface area (Å²) in [5.41, 5.74) is 1.17. The minimum Gasteiger partial charge on any atom is -0.493 e. The lowest BCUT2D eigenvalue weighted by Crippen LogP contribution is -2.31. The second kappa shape index (κ2) is 9.45. The lowest BCUT2D eigenvalue weighted by atomic mass is 9.87. The minimum absolute atomic E-state index is 0.0407. The number of methoxy groups -OCH3 is 2. The lowest BCUT2D eigenvalue weighted by Gasteiger charge is -2.25. The Morgan fingerprint density at radius 3 is 2.86 bits per heavy atom. The number of thioether (sulfide) groups is 1. The molecule has 2 aromatic rings. The Kier molecular flexibility index (Phi) is 6.74. The van der Waals surface area contributed by atoms with Crippen molar-refractivity contribution in [3.8, 4) is 17.6 Å². The molecule has 0 saturated heterocycles. The highest BCUT2D eigenvalue weighted by atomic mass is 32.2. The fourth-order valence-corrected chi connectivity index (χ4v) is 4.29. The molecule has 1 unspecified atom stereocenters. The first-order chi connectivity index (χ1) is 14.0. The highest BCUT2D eigenvalue weighted by Gasteiger charge is 2.30. The minimum atomic E-state index is -0.432. The van der Waals surface area contributed by atoms with Gasteiger partial charge in [0.05, 0.1) is 36.6 Å². The van der Waals surface area contributed by atoms with Crippen molar-refractivity contribution in [2.45, 2.75) is 12.3 Å². The lowest BCUT2D eigenvalue weighted by molar-refractivity contribution is -0.121. The monoisotopic (exact) mass is 430 g/mol. The van der Waals surface area contributed by atoms with Crippen LogP contribution >= 0.6 is 23.1 Å².